The maximum absolute atomic E-state index is 15.4. The number of nitrogen functional groups attached to an aromatic ring is 1. The standard InChI is InChI=1S/C47H49ClN6O5Si/c1-30-44(60(3,4)38-20-18-37(58-2)19-21-38)43(23-24-53-28-41(51-52-53)39(29-55)32-10-6-5-7-11-32)59-47(30)40-26-34(48)15-22-42(40)54(46(47)57)27-31-9-8-12-36(25-31)50-45(56)33-13-16-35(49)17-14-33/h5-22,25-26,28,30,39,43-44,55H,23-24,27,29,49H2,1-4H3,(H,50,56)/t30-,39?,43+,44-,47+/m1/s1. The molecule has 2 aliphatic rings. The minimum atomic E-state index is -2.43. The average molecular weight is 841 g/mol. The molecule has 6 aromatic rings. The number of benzene rings is 5. The van der Waals surface area contributed by atoms with Gasteiger partial charge in [0.25, 0.3) is 11.8 Å². The van der Waals surface area contributed by atoms with Gasteiger partial charge in [-0.2, -0.15) is 0 Å². The molecule has 0 aliphatic carbocycles. The van der Waals surface area contributed by atoms with Crippen molar-refractivity contribution in [1.29, 1.82) is 0 Å². The number of methoxy groups -OCH3 is 1. The Morgan fingerprint density at radius 3 is 2.47 bits per heavy atom. The van der Waals surface area contributed by atoms with Crippen LogP contribution in [0.5, 0.6) is 5.75 Å². The SMILES string of the molecule is COc1ccc([Si](C)(C)[C@H]2[C@H](CCn3cc(C(CO)c4ccccc4)nn3)O[C@@]3(C(=O)N(Cc4cccc(NC(=O)c5ccc(N)cc5)c4)c4ccc(Cl)cc43)[C@@H]2C)cc1. The van der Waals surface area contributed by atoms with Gasteiger partial charge in [0.1, 0.15) is 5.75 Å². The average Bonchev–Trinajstić information content (AvgIpc) is 3.91. The van der Waals surface area contributed by atoms with Crippen molar-refractivity contribution in [2.24, 2.45) is 5.92 Å². The molecule has 0 saturated carbocycles. The van der Waals surface area contributed by atoms with E-state index in [1.807, 2.05) is 95.8 Å². The number of hydrogen-bond acceptors (Lipinski definition) is 8. The summed E-state index contributed by atoms with van der Waals surface area (Å²) in [6.07, 6.45) is 2.13. The molecule has 11 nitrogen and oxygen atoms in total. The zero-order chi connectivity index (χ0) is 42.2. The van der Waals surface area contributed by atoms with Gasteiger partial charge < -0.3 is 30.5 Å². The number of aromatic nitrogens is 3. The Balaban J connectivity index is 1.12. The van der Waals surface area contributed by atoms with Gasteiger partial charge in [0.15, 0.2) is 5.60 Å². The van der Waals surface area contributed by atoms with Crippen LogP contribution in [0.4, 0.5) is 17.1 Å². The Bertz CT molecular complexity index is 2500. The lowest BCUT2D eigenvalue weighted by Gasteiger charge is -2.37. The van der Waals surface area contributed by atoms with Gasteiger partial charge in [0, 0.05) is 46.2 Å². The number of ether oxygens (including phenoxy) is 2. The molecule has 2 aliphatic heterocycles. The molecule has 13 heteroatoms. The summed E-state index contributed by atoms with van der Waals surface area (Å²) in [6, 6.07) is 38.0. The van der Waals surface area contributed by atoms with E-state index in [4.69, 9.17) is 26.8 Å². The molecule has 5 atom stereocenters. The van der Waals surface area contributed by atoms with E-state index in [0.717, 1.165) is 28.1 Å². The summed E-state index contributed by atoms with van der Waals surface area (Å²) in [7, 11) is -0.764. The van der Waals surface area contributed by atoms with E-state index >= 15 is 4.79 Å². The fraction of sp³-hybridized carbons (Fsp3) is 0.277. The summed E-state index contributed by atoms with van der Waals surface area (Å²) in [5, 5.41) is 24.0. The predicted molar refractivity (Wildman–Crippen MR) is 237 cm³/mol. The number of halogens is 1. The number of nitrogens with two attached hydrogens (primary N) is 1. The van der Waals surface area contributed by atoms with Crippen LogP contribution in [-0.2, 0) is 28.2 Å². The van der Waals surface area contributed by atoms with Gasteiger partial charge >= 0.3 is 0 Å². The van der Waals surface area contributed by atoms with Gasteiger partial charge in [-0.3, -0.25) is 14.3 Å². The van der Waals surface area contributed by atoms with Crippen molar-refractivity contribution in [3.63, 3.8) is 0 Å². The van der Waals surface area contributed by atoms with Crippen LogP contribution in [0.15, 0.2) is 128 Å². The smallest absolute Gasteiger partial charge is 0.264 e. The van der Waals surface area contributed by atoms with Crippen LogP contribution >= 0.6 is 11.6 Å². The Morgan fingerprint density at radius 1 is 1.00 bits per heavy atom. The van der Waals surface area contributed by atoms with Crippen LogP contribution in [-0.4, -0.2) is 59.8 Å². The minimum Gasteiger partial charge on any atom is -0.497 e. The Labute approximate surface area is 356 Å². The second-order valence-corrected chi connectivity index (χ2v) is 21.5. The van der Waals surface area contributed by atoms with Gasteiger partial charge in [-0.15, -0.1) is 5.10 Å². The predicted octanol–water partition coefficient (Wildman–Crippen LogP) is 7.75. The molecule has 1 saturated heterocycles. The Kier molecular flexibility index (Phi) is 11.4. The second-order valence-electron chi connectivity index (χ2n) is 16.3. The Morgan fingerprint density at radius 2 is 1.75 bits per heavy atom. The van der Waals surface area contributed by atoms with Crippen molar-refractivity contribution in [2.75, 3.05) is 29.7 Å². The summed E-state index contributed by atoms with van der Waals surface area (Å²) in [6.45, 7) is 7.51. The van der Waals surface area contributed by atoms with Crippen molar-refractivity contribution in [1.82, 2.24) is 15.0 Å². The number of aliphatic hydroxyl groups is 1. The first kappa shape index (κ1) is 41.0. The normalized spacial score (nSPS) is 20.3. The molecule has 1 fully saturated rings. The second kappa shape index (κ2) is 16.7. The molecule has 308 valence electrons. The maximum Gasteiger partial charge on any atom is 0.264 e. The van der Waals surface area contributed by atoms with Gasteiger partial charge in [0.2, 0.25) is 0 Å². The number of amides is 2. The molecule has 60 heavy (non-hydrogen) atoms. The van der Waals surface area contributed by atoms with E-state index < -0.39 is 13.7 Å². The number of rotatable bonds is 13. The molecule has 1 aromatic heterocycles. The quantitative estimate of drug-likeness (QED) is 0.0792. The highest BCUT2D eigenvalue weighted by Crippen LogP contribution is 2.60. The molecule has 4 N–H and O–H groups in total. The van der Waals surface area contributed by atoms with E-state index in [0.29, 0.717) is 40.6 Å². The lowest BCUT2D eigenvalue weighted by Crippen LogP contribution is -2.51. The molecule has 0 radical (unpaired) electrons. The lowest BCUT2D eigenvalue weighted by molar-refractivity contribution is -0.146. The van der Waals surface area contributed by atoms with Crippen molar-refractivity contribution in [3.8, 4) is 5.75 Å². The number of carbonyl (C=O) groups is 2. The summed E-state index contributed by atoms with van der Waals surface area (Å²) < 4.78 is 14.7. The summed E-state index contributed by atoms with van der Waals surface area (Å²) in [5.41, 5.74) is 10.2. The molecule has 2 amide bonds. The van der Waals surface area contributed by atoms with Crippen LogP contribution < -0.4 is 25.9 Å². The van der Waals surface area contributed by atoms with E-state index in [1.54, 1.807) is 36.3 Å². The third-order valence-electron chi connectivity index (χ3n) is 12.4. The van der Waals surface area contributed by atoms with E-state index in [-0.39, 0.29) is 48.4 Å². The number of aryl methyl sites for hydroxylation is 1. The highest BCUT2D eigenvalue weighted by molar-refractivity contribution is 6.91. The number of carbonyl (C=O) groups excluding carboxylic acids is 2. The molecular weight excluding hydrogens is 792 g/mol. The number of aliphatic hydroxyl groups excluding tert-OH is 1. The fourth-order valence-corrected chi connectivity index (χ4v) is 13.6. The van der Waals surface area contributed by atoms with E-state index in [9.17, 15) is 9.90 Å². The monoisotopic (exact) mass is 840 g/mol. The van der Waals surface area contributed by atoms with Gasteiger partial charge in [-0.1, -0.05) is 96.6 Å². The van der Waals surface area contributed by atoms with Gasteiger partial charge in [0.05, 0.1) is 51.7 Å². The van der Waals surface area contributed by atoms with E-state index in [1.165, 1.54) is 5.19 Å². The first-order valence-corrected chi connectivity index (χ1v) is 23.6. The largest absolute Gasteiger partial charge is 0.497 e. The minimum absolute atomic E-state index is 0.00833. The third-order valence-corrected chi connectivity index (χ3v) is 17.0. The molecule has 0 bridgehead atoms. The third kappa shape index (κ3) is 7.60. The maximum atomic E-state index is 15.4. The lowest BCUT2D eigenvalue weighted by atomic mass is 9.82. The van der Waals surface area contributed by atoms with Crippen molar-refractivity contribution in [2.45, 2.75) is 62.7 Å². The molecule has 8 rings (SSSR count). The topological polar surface area (TPSA) is 145 Å². The molecular formula is C47H49ClN6O5Si. The zero-order valence-electron chi connectivity index (χ0n) is 34.1. The summed E-state index contributed by atoms with van der Waals surface area (Å²) in [5.74, 6) is -0.167. The number of nitrogens with one attached hydrogen (secondary N) is 1. The number of nitrogens with zero attached hydrogens (tertiary/aromatic N) is 4. The summed E-state index contributed by atoms with van der Waals surface area (Å²) >= 11 is 6.76. The first-order valence-electron chi connectivity index (χ1n) is 20.2. The molecule has 3 heterocycles. The molecule has 1 unspecified atom stereocenters. The zero-order valence-corrected chi connectivity index (χ0v) is 35.8. The first-order chi connectivity index (χ1) is 28.9. The van der Waals surface area contributed by atoms with Crippen LogP contribution in [0.25, 0.3) is 0 Å². The van der Waals surface area contributed by atoms with Crippen molar-refractivity contribution < 1.29 is 24.2 Å². The Hall–Kier alpha value is -5.79. The molecule has 5 aromatic carbocycles. The number of anilines is 3. The van der Waals surface area contributed by atoms with Crippen LogP contribution in [0.3, 0.4) is 0 Å². The number of hydrogen-bond donors (Lipinski definition) is 3. The summed E-state index contributed by atoms with van der Waals surface area (Å²) in [4.78, 5) is 30.3. The van der Waals surface area contributed by atoms with Crippen molar-refractivity contribution in [3.05, 3.63) is 160 Å². The number of fused-ring (bicyclic) bond motifs is 2. The van der Waals surface area contributed by atoms with Gasteiger partial charge in [-0.25, -0.2) is 0 Å². The van der Waals surface area contributed by atoms with Crippen molar-refractivity contribution >= 4 is 53.7 Å². The molecule has 1 spiro atoms. The highest BCUT2D eigenvalue weighted by atomic mass is 35.5. The van der Waals surface area contributed by atoms with E-state index in [2.05, 4.69) is 47.8 Å². The highest BCUT2D eigenvalue weighted by Gasteiger charge is 2.66. The van der Waals surface area contributed by atoms with Crippen LogP contribution in [0.1, 0.15) is 52.0 Å². The fourth-order valence-electron chi connectivity index (χ4n) is 9.38. The van der Waals surface area contributed by atoms with Crippen LogP contribution in [0.2, 0.25) is 23.7 Å². The van der Waals surface area contributed by atoms with Crippen LogP contribution in [0, 0.1) is 5.92 Å². The van der Waals surface area contributed by atoms with Gasteiger partial charge in [-0.05, 0) is 89.8 Å².